The van der Waals surface area contributed by atoms with E-state index in [1.807, 2.05) is 4.68 Å². The van der Waals surface area contributed by atoms with Gasteiger partial charge in [-0.15, -0.1) is 11.3 Å². The Kier molecular flexibility index (Phi) is 5.85. The van der Waals surface area contributed by atoms with Crippen molar-refractivity contribution in [2.45, 2.75) is 52.6 Å². The molecule has 0 aromatic carbocycles. The van der Waals surface area contributed by atoms with Crippen LogP contribution in [0.1, 0.15) is 55.4 Å². The average molecular weight is 326 g/mol. The van der Waals surface area contributed by atoms with Gasteiger partial charge in [-0.1, -0.05) is 18.5 Å². The Morgan fingerprint density at radius 2 is 2.19 bits per heavy atom. The molecule has 0 amide bonds. The number of thiophene rings is 1. The molecule has 0 aliphatic carbocycles. The maximum absolute atomic E-state index is 6.45. The van der Waals surface area contributed by atoms with E-state index in [-0.39, 0.29) is 6.04 Å². The maximum Gasteiger partial charge on any atom is 0.0644 e. The molecule has 3 nitrogen and oxygen atoms in total. The Morgan fingerprint density at radius 3 is 2.71 bits per heavy atom. The molecule has 0 radical (unpaired) electrons. The van der Waals surface area contributed by atoms with E-state index in [4.69, 9.17) is 11.6 Å². The summed E-state index contributed by atoms with van der Waals surface area (Å²) >= 11 is 8.19. The van der Waals surface area contributed by atoms with Gasteiger partial charge in [0.25, 0.3) is 0 Å². The quantitative estimate of drug-likeness (QED) is 0.794. The Hall–Kier alpha value is -0.840. The van der Waals surface area contributed by atoms with E-state index in [0.29, 0.717) is 6.04 Å². The minimum atomic E-state index is 0.242. The molecule has 0 saturated heterocycles. The van der Waals surface area contributed by atoms with Gasteiger partial charge in [0.2, 0.25) is 0 Å². The molecular weight excluding hydrogens is 302 g/mol. The Labute approximate surface area is 136 Å². The molecule has 116 valence electrons. The van der Waals surface area contributed by atoms with Crippen LogP contribution >= 0.6 is 22.9 Å². The van der Waals surface area contributed by atoms with E-state index < -0.39 is 0 Å². The Balaban J connectivity index is 2.17. The SMILES string of the molecule is CCCNC(Cc1ccn(C(C)C)n1)c1scc(C)c1Cl. The van der Waals surface area contributed by atoms with Crippen LogP contribution in [0.2, 0.25) is 5.02 Å². The summed E-state index contributed by atoms with van der Waals surface area (Å²) in [6.07, 6.45) is 4.04. The number of nitrogens with zero attached hydrogens (tertiary/aromatic N) is 2. The van der Waals surface area contributed by atoms with E-state index in [1.165, 1.54) is 4.88 Å². The maximum atomic E-state index is 6.45. The lowest BCUT2D eigenvalue weighted by Gasteiger charge is -2.17. The van der Waals surface area contributed by atoms with E-state index in [2.05, 4.69) is 55.8 Å². The summed E-state index contributed by atoms with van der Waals surface area (Å²) in [5.74, 6) is 0. The van der Waals surface area contributed by atoms with Crippen molar-refractivity contribution in [1.82, 2.24) is 15.1 Å². The minimum absolute atomic E-state index is 0.242. The highest BCUT2D eigenvalue weighted by molar-refractivity contribution is 7.10. The van der Waals surface area contributed by atoms with Gasteiger partial charge in [-0.3, -0.25) is 4.68 Å². The fourth-order valence-electron chi connectivity index (χ4n) is 2.24. The molecule has 0 spiro atoms. The van der Waals surface area contributed by atoms with Crippen LogP contribution in [0.15, 0.2) is 17.6 Å². The molecule has 2 rings (SSSR count). The molecule has 0 fully saturated rings. The average Bonchev–Trinajstić information content (AvgIpc) is 3.04. The van der Waals surface area contributed by atoms with Gasteiger partial charge in [0.1, 0.15) is 0 Å². The number of aryl methyl sites for hydroxylation is 1. The highest BCUT2D eigenvalue weighted by atomic mass is 35.5. The number of rotatable bonds is 7. The summed E-state index contributed by atoms with van der Waals surface area (Å²) < 4.78 is 2.01. The van der Waals surface area contributed by atoms with E-state index in [1.54, 1.807) is 11.3 Å². The summed E-state index contributed by atoms with van der Waals surface area (Å²) in [7, 11) is 0. The van der Waals surface area contributed by atoms with Gasteiger partial charge in [0.15, 0.2) is 0 Å². The predicted octanol–water partition coefficient (Wildman–Crippen LogP) is 4.77. The molecule has 2 aromatic heterocycles. The number of halogens is 1. The van der Waals surface area contributed by atoms with Crippen LogP contribution in [-0.4, -0.2) is 16.3 Å². The van der Waals surface area contributed by atoms with Crippen LogP contribution in [0.3, 0.4) is 0 Å². The number of aromatic nitrogens is 2. The molecule has 2 aromatic rings. The second-order valence-corrected chi connectivity index (χ2v) is 6.98. The summed E-state index contributed by atoms with van der Waals surface area (Å²) in [5, 5.41) is 11.3. The molecule has 21 heavy (non-hydrogen) atoms. The second-order valence-electron chi connectivity index (χ2n) is 5.69. The van der Waals surface area contributed by atoms with Crippen LogP contribution in [0.5, 0.6) is 0 Å². The van der Waals surface area contributed by atoms with Gasteiger partial charge in [-0.05, 0) is 50.7 Å². The Morgan fingerprint density at radius 1 is 1.43 bits per heavy atom. The number of hydrogen-bond acceptors (Lipinski definition) is 3. The van der Waals surface area contributed by atoms with E-state index >= 15 is 0 Å². The van der Waals surface area contributed by atoms with Gasteiger partial charge in [0, 0.05) is 29.6 Å². The van der Waals surface area contributed by atoms with Crippen LogP contribution in [-0.2, 0) is 6.42 Å². The highest BCUT2D eigenvalue weighted by Crippen LogP contribution is 2.34. The van der Waals surface area contributed by atoms with Crippen molar-refractivity contribution in [3.05, 3.63) is 38.8 Å². The fourth-order valence-corrected chi connectivity index (χ4v) is 3.65. The summed E-state index contributed by atoms with van der Waals surface area (Å²) in [6.45, 7) is 9.51. The van der Waals surface area contributed by atoms with Gasteiger partial charge < -0.3 is 5.32 Å². The molecule has 1 N–H and O–H groups in total. The largest absolute Gasteiger partial charge is 0.309 e. The Bertz CT molecular complexity index is 574. The van der Waals surface area contributed by atoms with Gasteiger partial charge in [-0.25, -0.2) is 0 Å². The zero-order valence-electron chi connectivity index (χ0n) is 13.2. The van der Waals surface area contributed by atoms with Crippen LogP contribution in [0.25, 0.3) is 0 Å². The van der Waals surface area contributed by atoms with Crippen LogP contribution in [0, 0.1) is 6.92 Å². The number of hydrogen-bond donors (Lipinski definition) is 1. The molecule has 0 saturated carbocycles. The zero-order chi connectivity index (χ0) is 15.4. The lowest BCUT2D eigenvalue weighted by molar-refractivity contribution is 0.503. The van der Waals surface area contributed by atoms with Crippen molar-refractivity contribution in [2.75, 3.05) is 6.54 Å². The van der Waals surface area contributed by atoms with Crippen molar-refractivity contribution >= 4 is 22.9 Å². The van der Waals surface area contributed by atoms with E-state index in [9.17, 15) is 0 Å². The molecule has 0 aliphatic heterocycles. The first-order valence-corrected chi connectivity index (χ1v) is 8.79. The third-order valence-electron chi connectivity index (χ3n) is 3.49. The highest BCUT2D eigenvalue weighted by Gasteiger charge is 2.19. The van der Waals surface area contributed by atoms with Crippen LogP contribution in [0.4, 0.5) is 0 Å². The standard InChI is InChI=1S/C16H24ClN3S/c1-5-7-18-14(16-15(17)12(4)10-21-16)9-13-6-8-20(19-13)11(2)3/h6,8,10-11,14,18H,5,7,9H2,1-4H3. The molecule has 5 heteroatoms. The lowest BCUT2D eigenvalue weighted by atomic mass is 10.1. The van der Waals surface area contributed by atoms with Gasteiger partial charge >= 0.3 is 0 Å². The fraction of sp³-hybridized carbons (Fsp3) is 0.562. The smallest absolute Gasteiger partial charge is 0.0644 e. The van der Waals surface area contributed by atoms with Gasteiger partial charge in [-0.2, -0.15) is 5.10 Å². The summed E-state index contributed by atoms with van der Waals surface area (Å²) in [4.78, 5) is 1.22. The minimum Gasteiger partial charge on any atom is -0.309 e. The molecule has 2 heterocycles. The predicted molar refractivity (Wildman–Crippen MR) is 91.4 cm³/mol. The number of nitrogens with one attached hydrogen (secondary N) is 1. The first kappa shape index (κ1) is 16.5. The monoisotopic (exact) mass is 325 g/mol. The summed E-state index contributed by atoms with van der Waals surface area (Å²) in [5.41, 5.74) is 2.27. The van der Waals surface area contributed by atoms with Crippen molar-refractivity contribution in [2.24, 2.45) is 0 Å². The zero-order valence-corrected chi connectivity index (χ0v) is 14.8. The first-order valence-electron chi connectivity index (χ1n) is 7.53. The molecule has 1 unspecified atom stereocenters. The summed E-state index contributed by atoms with van der Waals surface area (Å²) in [6, 6.07) is 2.75. The molecule has 1 atom stereocenters. The van der Waals surface area contributed by atoms with Crippen molar-refractivity contribution in [3.63, 3.8) is 0 Å². The molecular formula is C16H24ClN3S. The van der Waals surface area contributed by atoms with Crippen LogP contribution < -0.4 is 5.32 Å². The molecule has 0 bridgehead atoms. The topological polar surface area (TPSA) is 29.9 Å². The van der Waals surface area contributed by atoms with E-state index in [0.717, 1.165) is 35.7 Å². The molecule has 0 aliphatic rings. The van der Waals surface area contributed by atoms with Crippen molar-refractivity contribution < 1.29 is 0 Å². The lowest BCUT2D eigenvalue weighted by Crippen LogP contribution is -2.24. The van der Waals surface area contributed by atoms with Gasteiger partial charge in [0.05, 0.1) is 10.7 Å². The first-order chi connectivity index (χ1) is 10.0. The normalized spacial score (nSPS) is 13.0. The van der Waals surface area contributed by atoms with Crippen molar-refractivity contribution in [3.8, 4) is 0 Å². The van der Waals surface area contributed by atoms with Crippen molar-refractivity contribution in [1.29, 1.82) is 0 Å². The second kappa shape index (κ2) is 7.43. The third kappa shape index (κ3) is 4.09. The third-order valence-corrected chi connectivity index (χ3v) is 5.32.